The number of nitrogens with zero attached hydrogens (tertiary/aromatic N) is 2. The van der Waals surface area contributed by atoms with E-state index in [1.54, 1.807) is 0 Å². The summed E-state index contributed by atoms with van der Waals surface area (Å²) in [4.78, 5) is 2.57. The van der Waals surface area contributed by atoms with Crippen molar-refractivity contribution in [2.45, 2.75) is 13.3 Å². The average molecular weight is 257 g/mol. The van der Waals surface area contributed by atoms with E-state index in [4.69, 9.17) is 0 Å². The van der Waals surface area contributed by atoms with Crippen molar-refractivity contribution in [1.29, 1.82) is 0 Å². The predicted molar refractivity (Wildman–Crippen MR) is 80.7 cm³/mol. The van der Waals surface area contributed by atoms with Gasteiger partial charge in [0.15, 0.2) is 0 Å². The lowest BCUT2D eigenvalue weighted by Gasteiger charge is -2.27. The molecule has 1 fully saturated rings. The van der Waals surface area contributed by atoms with Crippen LogP contribution in [0.4, 0.5) is 0 Å². The van der Waals surface area contributed by atoms with Crippen LogP contribution in [0.15, 0.2) is 24.3 Å². The molecule has 0 unspecified atom stereocenters. The zero-order chi connectivity index (χ0) is 13.2. The molecule has 3 rings (SSSR count). The van der Waals surface area contributed by atoms with Crippen molar-refractivity contribution in [2.24, 2.45) is 7.05 Å². The Bertz CT molecular complexity index is 565. The highest BCUT2D eigenvalue weighted by atomic mass is 15.2. The Balaban J connectivity index is 1.82. The number of hydrogen-bond acceptors (Lipinski definition) is 2. The number of piperazine rings is 1. The molecule has 1 aliphatic rings. The molecule has 1 aliphatic heterocycles. The average Bonchev–Trinajstić information content (AvgIpc) is 2.71. The Labute approximate surface area is 115 Å². The van der Waals surface area contributed by atoms with Crippen LogP contribution in [-0.2, 0) is 13.5 Å². The van der Waals surface area contributed by atoms with Gasteiger partial charge in [0.05, 0.1) is 0 Å². The number of hydrogen-bond donors (Lipinski definition) is 1. The van der Waals surface area contributed by atoms with Crippen LogP contribution in [0.1, 0.15) is 11.3 Å². The van der Waals surface area contributed by atoms with E-state index in [0.717, 1.165) is 19.5 Å². The van der Waals surface area contributed by atoms with Crippen molar-refractivity contribution in [3.63, 3.8) is 0 Å². The van der Waals surface area contributed by atoms with Crippen molar-refractivity contribution < 1.29 is 0 Å². The Morgan fingerprint density at radius 2 is 1.89 bits per heavy atom. The van der Waals surface area contributed by atoms with Gasteiger partial charge in [-0.05, 0) is 25.0 Å². The molecule has 2 heterocycles. The fourth-order valence-corrected chi connectivity index (χ4v) is 3.12. The number of fused-ring (bicyclic) bond motifs is 1. The van der Waals surface area contributed by atoms with Gasteiger partial charge in [-0.3, -0.25) is 0 Å². The van der Waals surface area contributed by atoms with E-state index in [9.17, 15) is 0 Å². The third-order valence-corrected chi connectivity index (χ3v) is 4.42. The minimum absolute atomic E-state index is 1.13. The topological polar surface area (TPSA) is 20.2 Å². The molecule has 1 N–H and O–H groups in total. The molecule has 1 aromatic carbocycles. The van der Waals surface area contributed by atoms with Crippen LogP contribution in [0, 0.1) is 6.92 Å². The zero-order valence-corrected chi connectivity index (χ0v) is 11.9. The van der Waals surface area contributed by atoms with Gasteiger partial charge >= 0.3 is 0 Å². The Morgan fingerprint density at radius 3 is 2.68 bits per heavy atom. The van der Waals surface area contributed by atoms with Gasteiger partial charge in [0, 0.05) is 56.4 Å². The molecule has 0 radical (unpaired) electrons. The lowest BCUT2D eigenvalue weighted by Crippen LogP contribution is -2.44. The van der Waals surface area contributed by atoms with Gasteiger partial charge in [-0.25, -0.2) is 0 Å². The highest BCUT2D eigenvalue weighted by Crippen LogP contribution is 2.25. The SMILES string of the molecule is Cc1c(CCN2CCNCC2)c2ccccc2n1C. The molecule has 1 saturated heterocycles. The van der Waals surface area contributed by atoms with Crippen LogP contribution in [0.3, 0.4) is 0 Å². The van der Waals surface area contributed by atoms with Crippen molar-refractivity contribution >= 4 is 10.9 Å². The quantitative estimate of drug-likeness (QED) is 0.907. The summed E-state index contributed by atoms with van der Waals surface area (Å²) in [6.45, 7) is 8.06. The third kappa shape index (κ3) is 2.40. The largest absolute Gasteiger partial charge is 0.348 e. The monoisotopic (exact) mass is 257 g/mol. The Kier molecular flexibility index (Phi) is 3.58. The second-order valence-corrected chi connectivity index (χ2v) is 5.48. The summed E-state index contributed by atoms with van der Waals surface area (Å²) in [5.74, 6) is 0. The van der Waals surface area contributed by atoms with E-state index in [-0.39, 0.29) is 0 Å². The van der Waals surface area contributed by atoms with E-state index >= 15 is 0 Å². The van der Waals surface area contributed by atoms with Gasteiger partial charge in [-0.1, -0.05) is 18.2 Å². The van der Waals surface area contributed by atoms with Crippen molar-refractivity contribution in [1.82, 2.24) is 14.8 Å². The third-order valence-electron chi connectivity index (χ3n) is 4.42. The van der Waals surface area contributed by atoms with E-state index in [2.05, 4.69) is 53.0 Å². The minimum atomic E-state index is 1.13. The van der Waals surface area contributed by atoms with Crippen LogP contribution in [0.25, 0.3) is 10.9 Å². The smallest absolute Gasteiger partial charge is 0.0482 e. The molecule has 102 valence electrons. The van der Waals surface area contributed by atoms with Crippen LogP contribution in [-0.4, -0.2) is 42.2 Å². The maximum Gasteiger partial charge on any atom is 0.0482 e. The first kappa shape index (κ1) is 12.7. The highest BCUT2D eigenvalue weighted by Gasteiger charge is 2.14. The van der Waals surface area contributed by atoms with Crippen molar-refractivity contribution in [3.05, 3.63) is 35.5 Å². The maximum atomic E-state index is 3.41. The van der Waals surface area contributed by atoms with Gasteiger partial charge in [-0.2, -0.15) is 0 Å². The normalized spacial score (nSPS) is 17.2. The molecule has 0 saturated carbocycles. The zero-order valence-electron chi connectivity index (χ0n) is 11.9. The molecular formula is C16H23N3. The predicted octanol–water partition coefficient (Wildman–Crippen LogP) is 1.93. The molecule has 19 heavy (non-hydrogen) atoms. The summed E-state index contributed by atoms with van der Waals surface area (Å²) >= 11 is 0. The summed E-state index contributed by atoms with van der Waals surface area (Å²) < 4.78 is 2.32. The number of para-hydroxylation sites is 1. The summed E-state index contributed by atoms with van der Waals surface area (Å²) in [6, 6.07) is 8.75. The summed E-state index contributed by atoms with van der Waals surface area (Å²) in [5.41, 5.74) is 4.29. The molecular weight excluding hydrogens is 234 g/mol. The molecule has 1 aromatic heterocycles. The number of aromatic nitrogens is 1. The van der Waals surface area contributed by atoms with Crippen LogP contribution < -0.4 is 5.32 Å². The van der Waals surface area contributed by atoms with Gasteiger partial charge < -0.3 is 14.8 Å². The minimum Gasteiger partial charge on any atom is -0.348 e. The van der Waals surface area contributed by atoms with E-state index in [1.807, 2.05) is 0 Å². The van der Waals surface area contributed by atoms with Gasteiger partial charge in [0.1, 0.15) is 0 Å². The lowest BCUT2D eigenvalue weighted by atomic mass is 10.1. The second-order valence-electron chi connectivity index (χ2n) is 5.48. The van der Waals surface area contributed by atoms with Gasteiger partial charge in [0.2, 0.25) is 0 Å². The first-order valence-corrected chi connectivity index (χ1v) is 7.23. The number of aryl methyl sites for hydroxylation is 1. The number of rotatable bonds is 3. The van der Waals surface area contributed by atoms with Gasteiger partial charge in [0.25, 0.3) is 0 Å². The summed E-state index contributed by atoms with van der Waals surface area (Å²) in [5, 5.41) is 4.84. The molecule has 3 heteroatoms. The summed E-state index contributed by atoms with van der Waals surface area (Å²) in [7, 11) is 2.17. The Morgan fingerprint density at radius 1 is 1.16 bits per heavy atom. The van der Waals surface area contributed by atoms with Crippen LogP contribution in [0.2, 0.25) is 0 Å². The fourth-order valence-electron chi connectivity index (χ4n) is 3.12. The summed E-state index contributed by atoms with van der Waals surface area (Å²) in [6.07, 6.45) is 1.16. The van der Waals surface area contributed by atoms with Crippen molar-refractivity contribution in [2.75, 3.05) is 32.7 Å². The first-order chi connectivity index (χ1) is 9.27. The number of nitrogens with one attached hydrogen (secondary N) is 1. The molecule has 0 atom stereocenters. The molecule has 0 spiro atoms. The van der Waals surface area contributed by atoms with Crippen LogP contribution in [0.5, 0.6) is 0 Å². The van der Waals surface area contributed by atoms with E-state index in [0.29, 0.717) is 0 Å². The van der Waals surface area contributed by atoms with Crippen LogP contribution >= 0.6 is 0 Å². The first-order valence-electron chi connectivity index (χ1n) is 7.23. The molecule has 0 aliphatic carbocycles. The molecule has 2 aromatic rings. The fraction of sp³-hybridized carbons (Fsp3) is 0.500. The van der Waals surface area contributed by atoms with Gasteiger partial charge in [-0.15, -0.1) is 0 Å². The van der Waals surface area contributed by atoms with E-state index < -0.39 is 0 Å². The lowest BCUT2D eigenvalue weighted by molar-refractivity contribution is 0.244. The Hall–Kier alpha value is -1.32. The second kappa shape index (κ2) is 5.35. The molecule has 3 nitrogen and oxygen atoms in total. The highest BCUT2D eigenvalue weighted by molar-refractivity contribution is 5.85. The maximum absolute atomic E-state index is 3.41. The van der Waals surface area contributed by atoms with E-state index in [1.165, 1.54) is 41.8 Å². The molecule has 0 amide bonds. The van der Waals surface area contributed by atoms with Crippen molar-refractivity contribution in [3.8, 4) is 0 Å². The molecule has 0 bridgehead atoms. The number of benzene rings is 1. The standard InChI is InChI=1S/C16H23N3/c1-13-14(7-10-19-11-8-17-9-12-19)15-5-3-4-6-16(15)18(13)2/h3-6,17H,7-12H2,1-2H3.